The van der Waals surface area contributed by atoms with Crippen molar-refractivity contribution in [2.75, 3.05) is 3.94 Å². The van der Waals surface area contributed by atoms with Gasteiger partial charge in [-0.2, -0.15) is 3.94 Å². The van der Waals surface area contributed by atoms with E-state index in [4.69, 9.17) is 35.2 Å². The standard InChI is InChI=1S/C7H6Cl3N/c8-5-6-1-3-7(4-2-6)11(9)10/h1-4H,5H2. The summed E-state index contributed by atoms with van der Waals surface area (Å²) in [4.78, 5) is 0. The fraction of sp³-hybridized carbons (Fsp3) is 0.143. The molecule has 0 heterocycles. The van der Waals surface area contributed by atoms with Gasteiger partial charge in [-0.15, -0.1) is 11.6 Å². The number of anilines is 1. The predicted molar refractivity (Wildman–Crippen MR) is 50.2 cm³/mol. The zero-order chi connectivity index (χ0) is 8.27. The normalized spacial score (nSPS) is 9.73. The van der Waals surface area contributed by atoms with Gasteiger partial charge in [0.25, 0.3) is 0 Å². The molecule has 1 nitrogen and oxygen atoms in total. The fourth-order valence-corrected chi connectivity index (χ4v) is 1.10. The molecule has 0 aromatic heterocycles. The van der Waals surface area contributed by atoms with Crippen LogP contribution in [-0.2, 0) is 5.88 Å². The van der Waals surface area contributed by atoms with Crippen molar-refractivity contribution in [1.82, 2.24) is 0 Å². The van der Waals surface area contributed by atoms with E-state index in [0.29, 0.717) is 5.88 Å². The van der Waals surface area contributed by atoms with E-state index in [1.807, 2.05) is 12.1 Å². The number of alkyl halides is 1. The highest BCUT2D eigenvalue weighted by Gasteiger charge is 1.97. The Balaban J connectivity index is 2.83. The van der Waals surface area contributed by atoms with Crippen LogP contribution in [-0.4, -0.2) is 0 Å². The van der Waals surface area contributed by atoms with Gasteiger partial charge >= 0.3 is 0 Å². The first kappa shape index (κ1) is 8.98. The second kappa shape index (κ2) is 4.05. The summed E-state index contributed by atoms with van der Waals surface area (Å²) in [7, 11) is 0. The van der Waals surface area contributed by atoms with Gasteiger partial charge in [0.2, 0.25) is 0 Å². The predicted octanol–water partition coefficient (Wildman–Crippen LogP) is 3.54. The van der Waals surface area contributed by atoms with E-state index < -0.39 is 0 Å². The molecule has 0 spiro atoms. The topological polar surface area (TPSA) is 3.24 Å². The third-order valence-corrected chi connectivity index (χ3v) is 1.98. The van der Waals surface area contributed by atoms with Crippen LogP contribution in [0.4, 0.5) is 5.69 Å². The highest BCUT2D eigenvalue weighted by molar-refractivity contribution is 6.49. The Morgan fingerprint density at radius 3 is 2.00 bits per heavy atom. The fourth-order valence-electron chi connectivity index (χ4n) is 0.698. The van der Waals surface area contributed by atoms with Gasteiger partial charge in [-0.25, -0.2) is 0 Å². The van der Waals surface area contributed by atoms with Crippen molar-refractivity contribution in [2.45, 2.75) is 5.88 Å². The lowest BCUT2D eigenvalue weighted by molar-refractivity contribution is 1.39. The van der Waals surface area contributed by atoms with Gasteiger partial charge < -0.3 is 0 Å². The average molecular weight is 210 g/mol. The molecular weight excluding hydrogens is 204 g/mol. The minimum Gasteiger partial charge on any atom is -0.194 e. The maximum absolute atomic E-state index is 5.58. The van der Waals surface area contributed by atoms with Crippen LogP contribution in [0.1, 0.15) is 5.56 Å². The third kappa shape index (κ3) is 2.44. The van der Waals surface area contributed by atoms with Crippen LogP contribution in [0.2, 0.25) is 0 Å². The number of halogens is 3. The summed E-state index contributed by atoms with van der Waals surface area (Å²) < 4.78 is 1.01. The average Bonchev–Trinajstić information content (AvgIpc) is 2.05. The van der Waals surface area contributed by atoms with Crippen molar-refractivity contribution < 1.29 is 0 Å². The summed E-state index contributed by atoms with van der Waals surface area (Å²) in [6, 6.07) is 7.36. The van der Waals surface area contributed by atoms with E-state index >= 15 is 0 Å². The quantitative estimate of drug-likeness (QED) is 0.533. The van der Waals surface area contributed by atoms with Crippen LogP contribution in [0, 0.1) is 0 Å². The largest absolute Gasteiger partial charge is 0.194 e. The highest BCUT2D eigenvalue weighted by atomic mass is 35.5. The molecule has 0 atom stereocenters. The molecule has 0 radical (unpaired) electrons. The summed E-state index contributed by atoms with van der Waals surface area (Å²) in [5, 5.41) is 0. The van der Waals surface area contributed by atoms with Crippen LogP contribution >= 0.6 is 35.2 Å². The molecule has 0 saturated heterocycles. The molecule has 0 saturated carbocycles. The van der Waals surface area contributed by atoms with Gasteiger partial charge in [0, 0.05) is 29.4 Å². The molecule has 0 aliphatic rings. The van der Waals surface area contributed by atoms with Crippen molar-refractivity contribution in [2.24, 2.45) is 0 Å². The van der Waals surface area contributed by atoms with Gasteiger partial charge in [-0.1, -0.05) is 12.1 Å². The van der Waals surface area contributed by atoms with Gasteiger partial charge in [0.15, 0.2) is 0 Å². The second-order valence-corrected chi connectivity index (χ2v) is 3.15. The lowest BCUT2D eigenvalue weighted by Gasteiger charge is -2.04. The maximum Gasteiger partial charge on any atom is 0.0710 e. The van der Waals surface area contributed by atoms with E-state index in [0.717, 1.165) is 15.2 Å². The van der Waals surface area contributed by atoms with Crippen LogP contribution in [0.15, 0.2) is 24.3 Å². The molecule has 1 aromatic carbocycles. The Hall–Kier alpha value is -0.110. The molecule has 11 heavy (non-hydrogen) atoms. The smallest absolute Gasteiger partial charge is 0.0710 e. The van der Waals surface area contributed by atoms with E-state index in [1.165, 1.54) is 0 Å². The molecule has 0 amide bonds. The first-order valence-electron chi connectivity index (χ1n) is 3.00. The van der Waals surface area contributed by atoms with Crippen molar-refractivity contribution in [1.29, 1.82) is 0 Å². The molecule has 0 aliphatic heterocycles. The van der Waals surface area contributed by atoms with Crippen molar-refractivity contribution >= 4 is 40.8 Å². The molecule has 4 heteroatoms. The molecule has 0 N–H and O–H groups in total. The zero-order valence-electron chi connectivity index (χ0n) is 5.60. The third-order valence-electron chi connectivity index (χ3n) is 1.29. The summed E-state index contributed by atoms with van der Waals surface area (Å²) in [5.41, 5.74) is 1.79. The monoisotopic (exact) mass is 209 g/mol. The number of nitrogens with zero attached hydrogens (tertiary/aromatic N) is 1. The van der Waals surface area contributed by atoms with Crippen LogP contribution in [0.25, 0.3) is 0 Å². The van der Waals surface area contributed by atoms with Crippen molar-refractivity contribution in [3.05, 3.63) is 29.8 Å². The Bertz CT molecular complexity index is 220. The molecule has 1 rings (SSSR count). The maximum atomic E-state index is 5.58. The lowest BCUT2D eigenvalue weighted by Crippen LogP contribution is -1.91. The molecule has 0 fully saturated rings. The van der Waals surface area contributed by atoms with Crippen LogP contribution in [0.3, 0.4) is 0 Å². The van der Waals surface area contributed by atoms with Gasteiger partial charge in [-0.05, 0) is 17.7 Å². The summed E-state index contributed by atoms with van der Waals surface area (Å²) in [5.74, 6) is 0.505. The molecule has 0 bridgehead atoms. The highest BCUT2D eigenvalue weighted by Crippen LogP contribution is 2.19. The molecule has 0 aliphatic carbocycles. The van der Waals surface area contributed by atoms with Gasteiger partial charge in [-0.3, -0.25) is 0 Å². The zero-order valence-corrected chi connectivity index (χ0v) is 7.87. The molecule has 1 aromatic rings. The summed E-state index contributed by atoms with van der Waals surface area (Å²) >= 11 is 16.5. The summed E-state index contributed by atoms with van der Waals surface area (Å²) in [6.45, 7) is 0. The first-order chi connectivity index (χ1) is 5.24. The van der Waals surface area contributed by atoms with Crippen LogP contribution < -0.4 is 3.94 Å². The SMILES string of the molecule is ClCc1ccc(N(Cl)Cl)cc1. The Morgan fingerprint density at radius 1 is 1.09 bits per heavy atom. The number of hydrogen-bond acceptors (Lipinski definition) is 1. The van der Waals surface area contributed by atoms with Gasteiger partial charge in [0.05, 0.1) is 5.69 Å². The van der Waals surface area contributed by atoms with E-state index in [1.54, 1.807) is 12.1 Å². The summed E-state index contributed by atoms with van der Waals surface area (Å²) in [6.07, 6.45) is 0. The van der Waals surface area contributed by atoms with Crippen molar-refractivity contribution in [3.8, 4) is 0 Å². The van der Waals surface area contributed by atoms with Crippen molar-refractivity contribution in [3.63, 3.8) is 0 Å². The van der Waals surface area contributed by atoms with Crippen LogP contribution in [0.5, 0.6) is 0 Å². The molecule has 60 valence electrons. The molecule has 0 unspecified atom stereocenters. The second-order valence-electron chi connectivity index (χ2n) is 2.03. The number of rotatable bonds is 2. The molecular formula is C7H6Cl3N. The Labute approximate surface area is 80.7 Å². The van der Waals surface area contributed by atoms with E-state index in [9.17, 15) is 0 Å². The Morgan fingerprint density at radius 2 is 1.64 bits per heavy atom. The minimum atomic E-state index is 0.505. The van der Waals surface area contributed by atoms with E-state index in [-0.39, 0.29) is 0 Å². The Kier molecular flexibility index (Phi) is 3.31. The first-order valence-corrected chi connectivity index (χ1v) is 4.21. The number of hydrogen-bond donors (Lipinski definition) is 0. The van der Waals surface area contributed by atoms with Gasteiger partial charge in [0.1, 0.15) is 0 Å². The minimum absolute atomic E-state index is 0.505. The van der Waals surface area contributed by atoms with E-state index in [2.05, 4.69) is 0 Å². The number of benzene rings is 1. The lowest BCUT2D eigenvalue weighted by atomic mass is 10.2.